The Bertz CT molecular complexity index is 1210. The maximum absolute atomic E-state index is 12.1. The van der Waals surface area contributed by atoms with Crippen LogP contribution in [0, 0.1) is 0 Å². The highest BCUT2D eigenvalue weighted by molar-refractivity contribution is 6.42. The fourth-order valence-corrected chi connectivity index (χ4v) is 4.54. The summed E-state index contributed by atoms with van der Waals surface area (Å²) in [6.07, 6.45) is 1.27. The van der Waals surface area contributed by atoms with Crippen molar-refractivity contribution in [2.24, 2.45) is 0 Å². The Morgan fingerprint density at radius 1 is 1.14 bits per heavy atom. The van der Waals surface area contributed by atoms with Gasteiger partial charge >= 0.3 is 5.91 Å². The molecule has 0 saturated carbocycles. The van der Waals surface area contributed by atoms with Gasteiger partial charge in [-0.15, -0.1) is 0 Å². The van der Waals surface area contributed by atoms with E-state index in [1.165, 1.54) is 12.5 Å². The number of furan rings is 1. The first-order chi connectivity index (χ1) is 16.8. The van der Waals surface area contributed by atoms with Gasteiger partial charge in [-0.3, -0.25) is 20.4 Å². The SMILES string of the molecule is CC(=O)NNC(=O)c1cc2c(OC[C@@H](O)CN3CCC(c4ccc(Cl)c(Cl)c4)CC3)cccc2o1. The molecule has 0 unspecified atom stereocenters. The lowest BCUT2D eigenvalue weighted by atomic mass is 9.89. The first-order valence-corrected chi connectivity index (χ1v) is 12.1. The number of amides is 2. The number of hydrogen-bond acceptors (Lipinski definition) is 6. The van der Waals surface area contributed by atoms with Crippen molar-refractivity contribution in [3.05, 3.63) is 63.8 Å². The molecule has 1 aliphatic rings. The molecule has 0 aliphatic carbocycles. The second kappa shape index (κ2) is 11.3. The standard InChI is InChI=1S/C25H27Cl2N3O5/c1-15(31)28-29-25(33)24-12-19-22(3-2-4-23(19)35-24)34-14-18(32)13-30-9-7-16(8-10-30)17-5-6-20(26)21(27)11-17/h2-6,11-12,16,18,32H,7-10,13-14H2,1H3,(H,28,31)(H,29,33)/t18-/m0/s1. The van der Waals surface area contributed by atoms with Crippen molar-refractivity contribution in [3.8, 4) is 5.75 Å². The number of carbonyl (C=O) groups is 2. The Labute approximate surface area is 213 Å². The smallest absolute Gasteiger partial charge is 0.305 e. The van der Waals surface area contributed by atoms with Gasteiger partial charge in [0.2, 0.25) is 5.91 Å². The van der Waals surface area contributed by atoms with Gasteiger partial charge in [-0.2, -0.15) is 0 Å². The van der Waals surface area contributed by atoms with Crippen LogP contribution in [0.2, 0.25) is 10.0 Å². The zero-order valence-electron chi connectivity index (χ0n) is 19.2. The number of hydrazine groups is 1. The van der Waals surface area contributed by atoms with Crippen LogP contribution in [0.25, 0.3) is 11.0 Å². The van der Waals surface area contributed by atoms with E-state index in [1.807, 2.05) is 18.2 Å². The molecule has 0 bridgehead atoms. The number of aliphatic hydroxyl groups is 1. The Morgan fingerprint density at radius 2 is 1.91 bits per heavy atom. The van der Waals surface area contributed by atoms with Crippen molar-refractivity contribution in [2.75, 3.05) is 26.2 Å². The second-order valence-corrected chi connectivity index (χ2v) is 9.44. The molecule has 8 nitrogen and oxygen atoms in total. The summed E-state index contributed by atoms with van der Waals surface area (Å²) in [6.45, 7) is 3.62. The van der Waals surface area contributed by atoms with Gasteiger partial charge in [0.05, 0.1) is 15.4 Å². The minimum Gasteiger partial charge on any atom is -0.490 e. The van der Waals surface area contributed by atoms with E-state index >= 15 is 0 Å². The summed E-state index contributed by atoms with van der Waals surface area (Å²) >= 11 is 12.2. The lowest BCUT2D eigenvalue weighted by Gasteiger charge is -2.33. The maximum Gasteiger partial charge on any atom is 0.305 e. The number of carbonyl (C=O) groups excluding carboxylic acids is 2. The zero-order valence-corrected chi connectivity index (χ0v) is 20.7. The molecule has 1 atom stereocenters. The molecule has 4 rings (SSSR count). The van der Waals surface area contributed by atoms with Crippen molar-refractivity contribution in [3.63, 3.8) is 0 Å². The van der Waals surface area contributed by atoms with Crippen LogP contribution in [0.4, 0.5) is 0 Å². The van der Waals surface area contributed by atoms with E-state index in [0.717, 1.165) is 25.9 Å². The Hall–Kier alpha value is -2.78. The van der Waals surface area contributed by atoms with E-state index in [-0.39, 0.29) is 12.4 Å². The molecule has 10 heteroatoms. The van der Waals surface area contributed by atoms with E-state index in [2.05, 4.69) is 15.8 Å². The van der Waals surface area contributed by atoms with Crippen molar-refractivity contribution < 1.29 is 23.8 Å². The van der Waals surface area contributed by atoms with Gasteiger partial charge in [0, 0.05) is 19.5 Å². The quantitative estimate of drug-likeness (QED) is 0.405. The van der Waals surface area contributed by atoms with Gasteiger partial charge in [0.25, 0.3) is 0 Å². The molecule has 3 N–H and O–H groups in total. The molecular formula is C25H27Cl2N3O5. The lowest BCUT2D eigenvalue weighted by molar-refractivity contribution is -0.119. The number of likely N-dealkylation sites (tertiary alicyclic amines) is 1. The van der Waals surface area contributed by atoms with Gasteiger partial charge in [0.15, 0.2) is 5.76 Å². The topological polar surface area (TPSA) is 104 Å². The highest BCUT2D eigenvalue weighted by Crippen LogP contribution is 2.32. The third-order valence-electron chi connectivity index (χ3n) is 6.00. The van der Waals surface area contributed by atoms with E-state index in [4.69, 9.17) is 32.4 Å². The molecule has 35 heavy (non-hydrogen) atoms. The summed E-state index contributed by atoms with van der Waals surface area (Å²) in [4.78, 5) is 25.4. The Balaban J connectivity index is 1.29. The minimum absolute atomic E-state index is 0.0372. The number of hydrogen-bond donors (Lipinski definition) is 3. The molecule has 1 aromatic heterocycles. The third kappa shape index (κ3) is 6.46. The molecule has 1 fully saturated rings. The Morgan fingerprint density at radius 3 is 2.63 bits per heavy atom. The molecule has 2 aromatic carbocycles. The second-order valence-electron chi connectivity index (χ2n) is 8.63. The molecule has 186 valence electrons. The van der Waals surface area contributed by atoms with Gasteiger partial charge in [-0.05, 0) is 61.7 Å². The number of ether oxygens (including phenoxy) is 1. The molecule has 1 saturated heterocycles. The first kappa shape index (κ1) is 25.3. The fraction of sp³-hybridized carbons (Fsp3) is 0.360. The van der Waals surface area contributed by atoms with Gasteiger partial charge in [-0.1, -0.05) is 35.3 Å². The Kier molecular flexibility index (Phi) is 8.18. The minimum atomic E-state index is -0.679. The largest absolute Gasteiger partial charge is 0.490 e. The van der Waals surface area contributed by atoms with Crippen LogP contribution in [-0.2, 0) is 4.79 Å². The number of β-amino-alcohol motifs (C(OH)–C–C–N with tert-alkyl or cyclic N) is 1. The van der Waals surface area contributed by atoms with E-state index in [1.54, 1.807) is 24.3 Å². The van der Waals surface area contributed by atoms with E-state index in [9.17, 15) is 14.7 Å². The van der Waals surface area contributed by atoms with Crippen molar-refractivity contribution >= 4 is 46.0 Å². The lowest BCUT2D eigenvalue weighted by Crippen LogP contribution is -2.40. The van der Waals surface area contributed by atoms with Gasteiger partial charge < -0.3 is 19.2 Å². The average Bonchev–Trinajstić information content (AvgIpc) is 3.28. The number of piperidine rings is 1. The molecule has 3 aromatic rings. The predicted molar refractivity (Wildman–Crippen MR) is 134 cm³/mol. The summed E-state index contributed by atoms with van der Waals surface area (Å²) in [5.41, 5.74) is 6.14. The van der Waals surface area contributed by atoms with Crippen molar-refractivity contribution in [2.45, 2.75) is 31.8 Å². The van der Waals surface area contributed by atoms with Gasteiger partial charge in [0.1, 0.15) is 24.0 Å². The number of halogens is 2. The number of benzene rings is 2. The normalized spacial score (nSPS) is 15.7. The molecular weight excluding hydrogens is 493 g/mol. The summed E-state index contributed by atoms with van der Waals surface area (Å²) in [5, 5.41) is 12.3. The zero-order chi connectivity index (χ0) is 24.9. The third-order valence-corrected chi connectivity index (χ3v) is 6.74. The summed E-state index contributed by atoms with van der Waals surface area (Å²) in [6, 6.07) is 12.6. The molecule has 0 radical (unpaired) electrons. The first-order valence-electron chi connectivity index (χ1n) is 11.4. The van der Waals surface area contributed by atoms with Crippen LogP contribution in [0.1, 0.15) is 41.8 Å². The van der Waals surface area contributed by atoms with Crippen LogP contribution < -0.4 is 15.6 Å². The monoisotopic (exact) mass is 519 g/mol. The highest BCUT2D eigenvalue weighted by Gasteiger charge is 2.23. The van der Waals surface area contributed by atoms with Crippen LogP contribution in [0.5, 0.6) is 5.75 Å². The maximum atomic E-state index is 12.1. The number of nitrogens with zero attached hydrogens (tertiary/aromatic N) is 1. The summed E-state index contributed by atoms with van der Waals surface area (Å²) in [7, 11) is 0. The predicted octanol–water partition coefficient (Wildman–Crippen LogP) is 4.14. The summed E-state index contributed by atoms with van der Waals surface area (Å²) < 4.78 is 11.4. The molecule has 1 aliphatic heterocycles. The van der Waals surface area contributed by atoms with E-state index < -0.39 is 17.9 Å². The summed E-state index contributed by atoms with van der Waals surface area (Å²) in [5.74, 6) is -0.0136. The number of rotatable bonds is 7. The highest BCUT2D eigenvalue weighted by atomic mass is 35.5. The molecule has 2 heterocycles. The van der Waals surface area contributed by atoms with E-state index in [0.29, 0.717) is 39.2 Å². The molecule has 2 amide bonds. The fourth-order valence-electron chi connectivity index (χ4n) is 4.23. The van der Waals surface area contributed by atoms with Crippen molar-refractivity contribution in [1.29, 1.82) is 0 Å². The van der Waals surface area contributed by atoms with Crippen LogP contribution in [0.15, 0.2) is 46.9 Å². The number of aliphatic hydroxyl groups excluding tert-OH is 1. The van der Waals surface area contributed by atoms with Crippen molar-refractivity contribution in [1.82, 2.24) is 15.8 Å². The van der Waals surface area contributed by atoms with Crippen LogP contribution >= 0.6 is 23.2 Å². The van der Waals surface area contributed by atoms with Crippen LogP contribution in [0.3, 0.4) is 0 Å². The number of fused-ring (bicyclic) bond motifs is 1. The van der Waals surface area contributed by atoms with Crippen LogP contribution in [-0.4, -0.2) is 54.2 Å². The van der Waals surface area contributed by atoms with Gasteiger partial charge in [-0.25, -0.2) is 0 Å². The number of nitrogens with one attached hydrogen (secondary N) is 2. The molecule has 0 spiro atoms. The average molecular weight is 520 g/mol.